The molecule has 28 heavy (non-hydrogen) atoms. The average Bonchev–Trinajstić information content (AvgIpc) is 2.73. The molecule has 0 spiro atoms. The van der Waals surface area contributed by atoms with Crippen molar-refractivity contribution in [3.05, 3.63) is 95.1 Å². The Morgan fingerprint density at radius 3 is 1.96 bits per heavy atom. The van der Waals surface area contributed by atoms with Gasteiger partial charge in [0.2, 0.25) is 5.91 Å². The first-order chi connectivity index (χ1) is 13.6. The van der Waals surface area contributed by atoms with Crippen LogP contribution in [0.1, 0.15) is 31.8 Å². The molecule has 6 nitrogen and oxygen atoms in total. The first-order valence-corrected chi connectivity index (χ1v) is 8.50. The maximum Gasteiger partial charge on any atom is 0.249 e. The Balaban J connectivity index is 1.81. The number of amides is 1. The minimum absolute atomic E-state index is 0.259. The summed E-state index contributed by atoms with van der Waals surface area (Å²) in [5.41, 5.74) is 14.9. The zero-order valence-corrected chi connectivity index (χ0v) is 14.9. The SMILES string of the molecule is NC(=O)c1ccccc1/C=N/c1ccc(/N=C(\N)c2ccccc2C=O)cc1. The highest BCUT2D eigenvalue weighted by Gasteiger charge is 2.06. The number of aldehydes is 1. The lowest BCUT2D eigenvalue weighted by atomic mass is 10.1. The summed E-state index contributed by atoms with van der Waals surface area (Å²) in [7, 11) is 0. The smallest absolute Gasteiger partial charge is 0.249 e. The molecule has 6 heteroatoms. The van der Waals surface area contributed by atoms with Gasteiger partial charge in [-0.1, -0.05) is 42.5 Å². The standard InChI is InChI=1S/C22H18N4O2/c23-21(19-7-3-2-6-16(19)14-27)26-18-11-9-17(10-12-18)25-13-15-5-1-4-8-20(15)22(24)28/h1-14H,(H2,23,26)(H2,24,28)/b25-13+. The molecular weight excluding hydrogens is 352 g/mol. The topological polar surface area (TPSA) is 111 Å². The second kappa shape index (κ2) is 8.55. The number of carbonyl (C=O) groups excluding carboxylic acids is 2. The van der Waals surface area contributed by atoms with Crippen LogP contribution in [0.4, 0.5) is 11.4 Å². The molecule has 0 saturated heterocycles. The maximum absolute atomic E-state index is 11.5. The number of hydrogen-bond donors (Lipinski definition) is 2. The normalized spacial score (nSPS) is 11.5. The van der Waals surface area contributed by atoms with Crippen LogP contribution in [0, 0.1) is 0 Å². The van der Waals surface area contributed by atoms with E-state index in [1.807, 2.05) is 6.07 Å². The summed E-state index contributed by atoms with van der Waals surface area (Å²) < 4.78 is 0. The van der Waals surface area contributed by atoms with Crippen LogP contribution >= 0.6 is 0 Å². The van der Waals surface area contributed by atoms with E-state index < -0.39 is 5.91 Å². The van der Waals surface area contributed by atoms with Crippen LogP contribution in [-0.4, -0.2) is 24.2 Å². The summed E-state index contributed by atoms with van der Waals surface area (Å²) in [6.07, 6.45) is 2.34. The van der Waals surface area contributed by atoms with E-state index in [1.54, 1.807) is 72.9 Å². The third-order valence-corrected chi connectivity index (χ3v) is 4.04. The van der Waals surface area contributed by atoms with Crippen LogP contribution in [0.3, 0.4) is 0 Å². The van der Waals surface area contributed by atoms with Gasteiger partial charge in [0.1, 0.15) is 5.84 Å². The van der Waals surface area contributed by atoms with Gasteiger partial charge in [0.15, 0.2) is 6.29 Å². The van der Waals surface area contributed by atoms with Gasteiger partial charge in [-0.25, -0.2) is 4.99 Å². The summed E-state index contributed by atoms with van der Waals surface area (Å²) in [4.78, 5) is 31.3. The minimum Gasteiger partial charge on any atom is -0.383 e. The van der Waals surface area contributed by atoms with Crippen LogP contribution in [0.2, 0.25) is 0 Å². The van der Waals surface area contributed by atoms with Gasteiger partial charge in [0, 0.05) is 28.5 Å². The number of primary amides is 1. The van der Waals surface area contributed by atoms with Crippen molar-refractivity contribution in [2.24, 2.45) is 21.5 Å². The quantitative estimate of drug-likeness (QED) is 0.394. The summed E-state index contributed by atoms with van der Waals surface area (Å²) in [5.74, 6) is -0.243. The molecule has 0 radical (unpaired) electrons. The highest BCUT2D eigenvalue weighted by molar-refractivity contribution is 6.05. The van der Waals surface area contributed by atoms with Crippen molar-refractivity contribution in [3.63, 3.8) is 0 Å². The predicted octanol–water partition coefficient (Wildman–Crippen LogP) is 3.39. The number of benzene rings is 3. The van der Waals surface area contributed by atoms with Gasteiger partial charge in [-0.3, -0.25) is 14.6 Å². The zero-order valence-electron chi connectivity index (χ0n) is 14.9. The van der Waals surface area contributed by atoms with Crippen LogP contribution in [0.15, 0.2) is 82.8 Å². The second-order valence-corrected chi connectivity index (χ2v) is 5.93. The zero-order chi connectivity index (χ0) is 19.9. The van der Waals surface area contributed by atoms with E-state index in [4.69, 9.17) is 11.5 Å². The van der Waals surface area contributed by atoms with E-state index in [1.165, 1.54) is 0 Å². The lowest BCUT2D eigenvalue weighted by Gasteiger charge is -2.04. The Kier molecular flexibility index (Phi) is 5.72. The highest BCUT2D eigenvalue weighted by Crippen LogP contribution is 2.20. The van der Waals surface area contributed by atoms with Crippen LogP contribution in [0.25, 0.3) is 0 Å². The maximum atomic E-state index is 11.5. The monoisotopic (exact) mass is 370 g/mol. The number of hydrogen-bond acceptors (Lipinski definition) is 4. The van der Waals surface area contributed by atoms with Crippen molar-refractivity contribution in [3.8, 4) is 0 Å². The van der Waals surface area contributed by atoms with Gasteiger partial charge >= 0.3 is 0 Å². The van der Waals surface area contributed by atoms with Gasteiger partial charge in [0.05, 0.1) is 11.4 Å². The van der Waals surface area contributed by atoms with Crippen molar-refractivity contribution in [2.75, 3.05) is 0 Å². The molecule has 4 N–H and O–H groups in total. The van der Waals surface area contributed by atoms with Gasteiger partial charge in [0.25, 0.3) is 0 Å². The van der Waals surface area contributed by atoms with E-state index in [-0.39, 0.29) is 5.84 Å². The van der Waals surface area contributed by atoms with Crippen molar-refractivity contribution in [1.29, 1.82) is 0 Å². The molecule has 138 valence electrons. The molecule has 0 fully saturated rings. The summed E-state index contributed by atoms with van der Waals surface area (Å²) in [5, 5.41) is 0. The number of nitrogens with zero attached hydrogens (tertiary/aromatic N) is 2. The lowest BCUT2D eigenvalue weighted by Crippen LogP contribution is -2.15. The Bertz CT molecular complexity index is 1070. The summed E-state index contributed by atoms with van der Waals surface area (Å²) >= 11 is 0. The van der Waals surface area contributed by atoms with Crippen molar-refractivity contribution in [2.45, 2.75) is 0 Å². The van der Waals surface area contributed by atoms with Crippen LogP contribution < -0.4 is 11.5 Å². The molecule has 0 aromatic heterocycles. The fourth-order valence-corrected chi connectivity index (χ4v) is 2.62. The van der Waals surface area contributed by atoms with Crippen molar-refractivity contribution < 1.29 is 9.59 Å². The van der Waals surface area contributed by atoms with Gasteiger partial charge < -0.3 is 11.5 Å². The molecular formula is C22H18N4O2. The van der Waals surface area contributed by atoms with Gasteiger partial charge in [-0.15, -0.1) is 0 Å². The average molecular weight is 370 g/mol. The summed E-state index contributed by atoms with van der Waals surface area (Å²) in [6, 6.07) is 21.1. The molecule has 0 unspecified atom stereocenters. The largest absolute Gasteiger partial charge is 0.383 e. The fraction of sp³-hybridized carbons (Fsp3) is 0. The first kappa shape index (κ1) is 18.7. The third-order valence-electron chi connectivity index (χ3n) is 4.04. The molecule has 0 heterocycles. The van der Waals surface area contributed by atoms with Crippen LogP contribution in [0.5, 0.6) is 0 Å². The third kappa shape index (κ3) is 4.37. The van der Waals surface area contributed by atoms with Crippen LogP contribution in [-0.2, 0) is 0 Å². The molecule has 0 saturated carbocycles. The molecule has 1 amide bonds. The Hall–Kier alpha value is -4.06. The Morgan fingerprint density at radius 2 is 1.32 bits per heavy atom. The van der Waals surface area contributed by atoms with Gasteiger partial charge in [-0.05, 0) is 30.3 Å². The van der Waals surface area contributed by atoms with E-state index >= 15 is 0 Å². The Labute approximate surface area is 162 Å². The summed E-state index contributed by atoms with van der Waals surface area (Å²) in [6.45, 7) is 0. The first-order valence-electron chi connectivity index (χ1n) is 8.50. The van der Waals surface area contributed by atoms with Crippen molar-refractivity contribution in [1.82, 2.24) is 0 Å². The molecule has 3 rings (SSSR count). The highest BCUT2D eigenvalue weighted by atomic mass is 16.1. The van der Waals surface area contributed by atoms with Crippen molar-refractivity contribution >= 4 is 35.6 Å². The molecule has 3 aromatic carbocycles. The van der Waals surface area contributed by atoms with E-state index in [2.05, 4.69) is 9.98 Å². The number of amidine groups is 1. The molecule has 0 bridgehead atoms. The number of nitrogens with two attached hydrogens (primary N) is 2. The van der Waals surface area contributed by atoms with E-state index in [0.717, 1.165) is 6.29 Å². The van der Waals surface area contributed by atoms with E-state index in [0.29, 0.717) is 33.6 Å². The fourth-order valence-electron chi connectivity index (χ4n) is 2.62. The minimum atomic E-state index is -0.502. The molecule has 0 aliphatic carbocycles. The van der Waals surface area contributed by atoms with Gasteiger partial charge in [-0.2, -0.15) is 0 Å². The predicted molar refractivity (Wildman–Crippen MR) is 111 cm³/mol. The molecule has 0 aliphatic heterocycles. The number of carbonyl (C=O) groups is 2. The van der Waals surface area contributed by atoms with E-state index in [9.17, 15) is 9.59 Å². The lowest BCUT2D eigenvalue weighted by molar-refractivity contribution is 0.0999. The molecule has 0 atom stereocenters. The number of aliphatic imine (C=N–C) groups is 2. The second-order valence-electron chi connectivity index (χ2n) is 5.93. The number of rotatable bonds is 6. The molecule has 0 aliphatic rings. The Morgan fingerprint density at radius 1 is 0.750 bits per heavy atom. The molecule has 3 aromatic rings.